The minimum atomic E-state index is -0.487. The van der Waals surface area contributed by atoms with Crippen LogP contribution in [-0.4, -0.2) is 21.4 Å². The van der Waals surface area contributed by atoms with Crippen molar-refractivity contribution in [2.75, 3.05) is 0 Å². The Morgan fingerprint density at radius 3 is 2.58 bits per heavy atom. The average molecular weight is 264 g/mol. The molecule has 0 saturated heterocycles. The molecule has 102 valence electrons. The van der Waals surface area contributed by atoms with Gasteiger partial charge in [0.05, 0.1) is 12.5 Å². The maximum Gasteiger partial charge on any atom is 0.229 e. The van der Waals surface area contributed by atoms with E-state index in [-0.39, 0.29) is 11.7 Å². The lowest BCUT2D eigenvalue weighted by Crippen LogP contribution is -2.17. The maximum absolute atomic E-state index is 12.8. The van der Waals surface area contributed by atoms with Crippen LogP contribution in [-0.2, 0) is 12.8 Å². The van der Waals surface area contributed by atoms with E-state index in [1.807, 2.05) is 13.8 Å². The van der Waals surface area contributed by atoms with Crippen molar-refractivity contribution >= 4 is 0 Å². The Kier molecular flexibility index (Phi) is 4.27. The van der Waals surface area contributed by atoms with Gasteiger partial charge in [0.15, 0.2) is 5.82 Å². The average Bonchev–Trinajstić information content (AvgIpc) is 2.79. The van der Waals surface area contributed by atoms with Gasteiger partial charge in [-0.1, -0.05) is 31.1 Å². The molecule has 5 heteroatoms. The fourth-order valence-corrected chi connectivity index (χ4v) is 1.64. The summed E-state index contributed by atoms with van der Waals surface area (Å²) in [6.45, 7) is 3.86. The van der Waals surface area contributed by atoms with Crippen LogP contribution in [0.5, 0.6) is 0 Å². The van der Waals surface area contributed by atoms with Gasteiger partial charge in [0.1, 0.15) is 5.82 Å². The van der Waals surface area contributed by atoms with Crippen LogP contribution in [0.2, 0.25) is 0 Å². The lowest BCUT2D eigenvalue weighted by Gasteiger charge is -2.10. The van der Waals surface area contributed by atoms with Crippen molar-refractivity contribution in [2.45, 2.75) is 32.8 Å². The summed E-state index contributed by atoms with van der Waals surface area (Å²) >= 11 is 0. The molecule has 0 aliphatic carbocycles. The van der Waals surface area contributed by atoms with Gasteiger partial charge in [-0.25, -0.2) is 4.39 Å². The van der Waals surface area contributed by atoms with Gasteiger partial charge in [-0.3, -0.25) is 0 Å². The molecule has 0 spiro atoms. The Balaban J connectivity index is 1.99. The van der Waals surface area contributed by atoms with Gasteiger partial charge >= 0.3 is 0 Å². The summed E-state index contributed by atoms with van der Waals surface area (Å²) < 4.78 is 17.9. The number of hydrogen-bond acceptors (Lipinski definition) is 4. The van der Waals surface area contributed by atoms with Crippen molar-refractivity contribution < 1.29 is 14.0 Å². The van der Waals surface area contributed by atoms with Crippen LogP contribution in [0, 0.1) is 11.7 Å². The summed E-state index contributed by atoms with van der Waals surface area (Å²) in [6.07, 6.45) is 0.356. The molecular formula is C14H17FN2O2. The van der Waals surface area contributed by atoms with E-state index in [1.54, 1.807) is 12.1 Å². The van der Waals surface area contributed by atoms with Gasteiger partial charge in [-0.05, 0) is 23.6 Å². The van der Waals surface area contributed by atoms with Gasteiger partial charge in [0, 0.05) is 6.42 Å². The number of halogens is 1. The molecular weight excluding hydrogens is 247 g/mol. The third kappa shape index (κ3) is 3.86. The van der Waals surface area contributed by atoms with Crippen LogP contribution in [0.3, 0.4) is 0 Å². The van der Waals surface area contributed by atoms with E-state index in [1.165, 1.54) is 12.1 Å². The fraction of sp³-hybridized carbons (Fsp3) is 0.429. The summed E-state index contributed by atoms with van der Waals surface area (Å²) in [6, 6.07) is 6.18. The van der Waals surface area contributed by atoms with Crippen molar-refractivity contribution in [1.29, 1.82) is 0 Å². The van der Waals surface area contributed by atoms with E-state index in [0.717, 1.165) is 5.56 Å². The van der Waals surface area contributed by atoms with Gasteiger partial charge in [0.2, 0.25) is 5.89 Å². The van der Waals surface area contributed by atoms with Crippen LogP contribution in [0.15, 0.2) is 28.8 Å². The standard InChI is InChI=1S/C14H17FN2O2/c1-9(2)12(18)8-14-16-13(17-19-14)7-10-3-5-11(15)6-4-10/h3-6,9,12,18H,7-8H2,1-2H3. The smallest absolute Gasteiger partial charge is 0.229 e. The highest BCUT2D eigenvalue weighted by molar-refractivity contribution is 5.19. The normalized spacial score (nSPS) is 12.9. The van der Waals surface area contributed by atoms with E-state index < -0.39 is 6.10 Å². The summed E-state index contributed by atoms with van der Waals surface area (Å²) in [5, 5.41) is 13.6. The quantitative estimate of drug-likeness (QED) is 0.900. The van der Waals surface area contributed by atoms with Gasteiger partial charge in [-0.15, -0.1) is 0 Å². The molecule has 0 saturated carbocycles. The number of hydrogen-bond donors (Lipinski definition) is 1. The predicted octanol–water partition coefficient (Wildman–Crippen LogP) is 2.36. The monoisotopic (exact) mass is 264 g/mol. The maximum atomic E-state index is 12.8. The van der Waals surface area contributed by atoms with Crippen molar-refractivity contribution in [2.24, 2.45) is 5.92 Å². The Labute approximate surface area is 111 Å². The zero-order valence-corrected chi connectivity index (χ0v) is 11.0. The molecule has 1 heterocycles. The first-order valence-corrected chi connectivity index (χ1v) is 6.28. The molecule has 0 aliphatic heterocycles. The zero-order valence-electron chi connectivity index (χ0n) is 11.0. The van der Waals surface area contributed by atoms with Crippen molar-refractivity contribution in [1.82, 2.24) is 10.1 Å². The van der Waals surface area contributed by atoms with Crippen molar-refractivity contribution in [3.8, 4) is 0 Å². The minimum Gasteiger partial charge on any atom is -0.392 e. The highest BCUT2D eigenvalue weighted by atomic mass is 19.1. The Hall–Kier alpha value is -1.75. The summed E-state index contributed by atoms with van der Waals surface area (Å²) in [4.78, 5) is 4.22. The number of aliphatic hydroxyl groups is 1. The molecule has 0 amide bonds. The molecule has 2 aromatic rings. The second kappa shape index (κ2) is 5.93. The molecule has 1 aromatic heterocycles. The third-order valence-electron chi connectivity index (χ3n) is 2.94. The Morgan fingerprint density at radius 1 is 1.26 bits per heavy atom. The van der Waals surface area contributed by atoms with E-state index >= 15 is 0 Å². The topological polar surface area (TPSA) is 59.2 Å². The van der Waals surface area contributed by atoms with E-state index in [0.29, 0.717) is 24.6 Å². The first kappa shape index (κ1) is 13.7. The molecule has 1 unspecified atom stereocenters. The van der Waals surface area contributed by atoms with Gasteiger partial charge in [-0.2, -0.15) is 4.98 Å². The molecule has 1 atom stereocenters. The molecule has 0 aliphatic rings. The molecule has 0 radical (unpaired) electrons. The van der Waals surface area contributed by atoms with E-state index in [4.69, 9.17) is 4.52 Å². The number of nitrogens with zero attached hydrogens (tertiary/aromatic N) is 2. The summed E-state index contributed by atoms with van der Waals surface area (Å²) in [7, 11) is 0. The van der Waals surface area contributed by atoms with E-state index in [2.05, 4.69) is 10.1 Å². The van der Waals surface area contributed by atoms with Crippen LogP contribution >= 0.6 is 0 Å². The lowest BCUT2D eigenvalue weighted by atomic mass is 10.0. The van der Waals surface area contributed by atoms with Crippen molar-refractivity contribution in [3.05, 3.63) is 47.4 Å². The Morgan fingerprint density at radius 2 is 1.95 bits per heavy atom. The SMILES string of the molecule is CC(C)C(O)Cc1nc(Cc2ccc(F)cc2)no1. The number of rotatable bonds is 5. The minimum absolute atomic E-state index is 0.146. The molecule has 2 rings (SSSR count). The second-order valence-electron chi connectivity index (χ2n) is 4.92. The van der Waals surface area contributed by atoms with Crippen LogP contribution in [0.25, 0.3) is 0 Å². The fourth-order valence-electron chi connectivity index (χ4n) is 1.64. The molecule has 1 aromatic carbocycles. The zero-order chi connectivity index (χ0) is 13.8. The van der Waals surface area contributed by atoms with Crippen LogP contribution in [0.1, 0.15) is 31.1 Å². The first-order chi connectivity index (χ1) is 9.04. The van der Waals surface area contributed by atoms with Crippen molar-refractivity contribution in [3.63, 3.8) is 0 Å². The number of benzene rings is 1. The third-order valence-corrected chi connectivity index (χ3v) is 2.94. The highest BCUT2D eigenvalue weighted by Crippen LogP contribution is 2.11. The molecule has 19 heavy (non-hydrogen) atoms. The highest BCUT2D eigenvalue weighted by Gasteiger charge is 2.15. The molecule has 0 bridgehead atoms. The van der Waals surface area contributed by atoms with E-state index in [9.17, 15) is 9.50 Å². The molecule has 1 N–H and O–H groups in total. The lowest BCUT2D eigenvalue weighted by molar-refractivity contribution is 0.116. The Bertz CT molecular complexity index is 522. The van der Waals surface area contributed by atoms with Gasteiger partial charge in [0.25, 0.3) is 0 Å². The van der Waals surface area contributed by atoms with Crippen LogP contribution in [0.4, 0.5) is 4.39 Å². The second-order valence-corrected chi connectivity index (χ2v) is 4.92. The first-order valence-electron chi connectivity index (χ1n) is 6.28. The largest absolute Gasteiger partial charge is 0.392 e. The predicted molar refractivity (Wildman–Crippen MR) is 68.1 cm³/mol. The molecule has 0 fully saturated rings. The summed E-state index contributed by atoms with van der Waals surface area (Å²) in [5.74, 6) is 0.848. The number of aliphatic hydroxyl groups excluding tert-OH is 1. The van der Waals surface area contributed by atoms with Crippen LogP contribution < -0.4 is 0 Å². The molecule has 4 nitrogen and oxygen atoms in total. The van der Waals surface area contributed by atoms with Gasteiger partial charge < -0.3 is 9.63 Å². The summed E-state index contributed by atoms with van der Waals surface area (Å²) in [5.41, 5.74) is 0.915. The number of aromatic nitrogens is 2.